The highest BCUT2D eigenvalue weighted by Crippen LogP contribution is 2.57. The van der Waals surface area contributed by atoms with Crippen LogP contribution in [-0.2, 0) is 36.2 Å². The number of Topliss-reactive ketones (excluding diaryl/α,β-unsaturated/α-hetero) is 1. The fourth-order valence-corrected chi connectivity index (χ4v) is 10.1. The molecule has 2 aromatic heterocycles. The summed E-state index contributed by atoms with van der Waals surface area (Å²) in [6.07, 6.45) is 11.5. The highest BCUT2D eigenvalue weighted by molar-refractivity contribution is 7.90. The van der Waals surface area contributed by atoms with Gasteiger partial charge in [0.2, 0.25) is 27.7 Å². The van der Waals surface area contributed by atoms with Crippen molar-refractivity contribution < 1.29 is 27.5 Å². The number of fused-ring (bicyclic) bond motifs is 3. The fraction of sp³-hybridized carbons (Fsp3) is 0.564. The molecule has 0 unspecified atom stereocenters. The molecule has 2 aliphatic heterocycles. The van der Waals surface area contributed by atoms with Crippen LogP contribution in [0.1, 0.15) is 95.7 Å². The van der Waals surface area contributed by atoms with Crippen LogP contribution in [0.4, 0.5) is 0 Å². The summed E-state index contributed by atoms with van der Waals surface area (Å²) in [6.45, 7) is 6.58. The topological polar surface area (TPSA) is 136 Å². The van der Waals surface area contributed by atoms with E-state index in [1.807, 2.05) is 36.4 Å². The Morgan fingerprint density at radius 3 is 2.67 bits per heavy atom. The summed E-state index contributed by atoms with van der Waals surface area (Å²) in [6, 6.07) is 8.89. The van der Waals surface area contributed by atoms with Crippen LogP contribution in [0.25, 0.3) is 10.8 Å². The lowest BCUT2D eigenvalue weighted by Gasteiger charge is -2.29. The summed E-state index contributed by atoms with van der Waals surface area (Å²) in [4.78, 5) is 54.1. The van der Waals surface area contributed by atoms with Gasteiger partial charge in [-0.05, 0) is 62.0 Å². The van der Waals surface area contributed by atoms with E-state index in [1.165, 1.54) is 0 Å². The molecule has 0 radical (unpaired) electrons. The molecule has 4 heterocycles. The third kappa shape index (κ3) is 7.77. The first-order valence-electron chi connectivity index (χ1n) is 18.4. The van der Waals surface area contributed by atoms with E-state index in [4.69, 9.17) is 9.72 Å². The van der Waals surface area contributed by atoms with Crippen molar-refractivity contribution in [3.05, 3.63) is 64.8 Å². The van der Waals surface area contributed by atoms with Crippen LogP contribution in [0.2, 0.25) is 0 Å². The summed E-state index contributed by atoms with van der Waals surface area (Å²) in [5.41, 5.74) is -0.276. The number of hydrogen-bond acceptors (Lipinski definition) is 9. The number of nitrogens with zero attached hydrogens (tertiary/aromatic N) is 3. The Bertz CT molecular complexity index is 1940. The Morgan fingerprint density at radius 2 is 1.90 bits per heavy atom. The highest BCUT2D eigenvalue weighted by Gasteiger charge is 2.61. The van der Waals surface area contributed by atoms with E-state index in [2.05, 4.69) is 41.9 Å². The number of carbonyl (C=O) groups is 3. The summed E-state index contributed by atoms with van der Waals surface area (Å²) >= 11 is 1.57. The molecule has 2 amide bonds. The summed E-state index contributed by atoms with van der Waals surface area (Å²) < 4.78 is 34.5. The van der Waals surface area contributed by atoms with Gasteiger partial charge < -0.3 is 9.64 Å². The summed E-state index contributed by atoms with van der Waals surface area (Å²) in [5, 5.41) is 4.24. The van der Waals surface area contributed by atoms with E-state index >= 15 is 0 Å². The molecule has 0 bridgehead atoms. The molecule has 3 aromatic rings. The van der Waals surface area contributed by atoms with Gasteiger partial charge >= 0.3 is 0 Å². The predicted molar refractivity (Wildman–Crippen MR) is 197 cm³/mol. The average molecular weight is 733 g/mol. The van der Waals surface area contributed by atoms with Gasteiger partial charge in [0, 0.05) is 47.6 Å². The van der Waals surface area contributed by atoms with E-state index in [1.54, 1.807) is 22.4 Å². The molecule has 2 saturated carbocycles. The number of carbonyl (C=O) groups excluding carboxylic acids is 3. The second-order valence-corrected chi connectivity index (χ2v) is 18.9. The fourth-order valence-electron chi connectivity index (χ4n) is 7.62. The number of rotatable bonds is 7. The molecule has 1 N–H and O–H groups in total. The monoisotopic (exact) mass is 732 g/mol. The average Bonchev–Trinajstić information content (AvgIpc) is 3.97. The normalized spacial score (nSPS) is 28.3. The van der Waals surface area contributed by atoms with Gasteiger partial charge in [-0.1, -0.05) is 64.0 Å². The number of sulfonamides is 1. The molecule has 0 spiro atoms. The first kappa shape index (κ1) is 35.7. The third-order valence-corrected chi connectivity index (χ3v) is 13.7. The van der Waals surface area contributed by atoms with Gasteiger partial charge in [-0.15, -0.1) is 11.3 Å². The lowest BCUT2D eigenvalue weighted by molar-refractivity contribution is -0.142. The lowest BCUT2D eigenvalue weighted by Crippen LogP contribution is -2.46. The van der Waals surface area contributed by atoms with Crippen LogP contribution in [0.3, 0.4) is 0 Å². The zero-order chi connectivity index (χ0) is 36.0. The molecule has 5 atom stereocenters. The Morgan fingerprint density at radius 1 is 1.10 bits per heavy atom. The smallest absolute Gasteiger partial charge is 0.240 e. The maximum Gasteiger partial charge on any atom is 0.240 e. The maximum atomic E-state index is 14.7. The van der Waals surface area contributed by atoms with Gasteiger partial charge in [0.15, 0.2) is 5.78 Å². The van der Waals surface area contributed by atoms with E-state index in [0.717, 1.165) is 47.2 Å². The maximum absolute atomic E-state index is 14.7. The number of nitrogens with one attached hydrogen (secondary N) is 1. The number of amides is 2. The van der Waals surface area contributed by atoms with Crippen LogP contribution in [0.5, 0.6) is 5.88 Å². The summed E-state index contributed by atoms with van der Waals surface area (Å²) in [5.74, 6) is -1.12. The summed E-state index contributed by atoms with van der Waals surface area (Å²) in [7, 11) is -3.79. The van der Waals surface area contributed by atoms with Crippen LogP contribution < -0.4 is 9.46 Å². The van der Waals surface area contributed by atoms with Crippen LogP contribution >= 0.6 is 11.3 Å². The van der Waals surface area contributed by atoms with Crippen molar-refractivity contribution in [2.75, 3.05) is 6.54 Å². The molecule has 1 saturated heterocycles. The quantitative estimate of drug-likeness (QED) is 0.280. The largest absolute Gasteiger partial charge is 0.472 e. The minimum Gasteiger partial charge on any atom is -0.472 e. The van der Waals surface area contributed by atoms with Crippen molar-refractivity contribution in [1.29, 1.82) is 0 Å². The van der Waals surface area contributed by atoms with Gasteiger partial charge in [0.1, 0.15) is 6.10 Å². The molecule has 12 heteroatoms. The van der Waals surface area contributed by atoms with Crippen molar-refractivity contribution in [2.24, 2.45) is 17.3 Å². The van der Waals surface area contributed by atoms with Gasteiger partial charge in [0.25, 0.3) is 0 Å². The number of ether oxygens (including phenoxy) is 1. The number of hydrogen-bond donors (Lipinski definition) is 1. The molecule has 4 aliphatic rings. The number of thiazole rings is 1. The van der Waals surface area contributed by atoms with E-state index in [-0.39, 0.29) is 48.3 Å². The van der Waals surface area contributed by atoms with Crippen LogP contribution in [0.15, 0.2) is 54.1 Å². The zero-order valence-corrected chi connectivity index (χ0v) is 31.3. The van der Waals surface area contributed by atoms with Gasteiger partial charge in [0.05, 0.1) is 34.0 Å². The molecule has 10 nitrogen and oxygen atoms in total. The first-order valence-corrected chi connectivity index (χ1v) is 20.8. The number of aromatic nitrogens is 2. The van der Waals surface area contributed by atoms with Crippen molar-refractivity contribution in [3.8, 4) is 5.88 Å². The van der Waals surface area contributed by atoms with Gasteiger partial charge in [-0.25, -0.2) is 18.4 Å². The Balaban J connectivity index is 1.19. The Labute approximate surface area is 304 Å². The first-order chi connectivity index (χ1) is 24.3. The number of pyridine rings is 1. The van der Waals surface area contributed by atoms with Gasteiger partial charge in [-0.3, -0.25) is 19.1 Å². The molecule has 2 aliphatic carbocycles. The van der Waals surface area contributed by atoms with E-state index in [9.17, 15) is 22.8 Å². The minimum atomic E-state index is -3.79. The third-order valence-electron chi connectivity index (χ3n) is 11.0. The molecule has 7 rings (SSSR count). The van der Waals surface area contributed by atoms with Crippen LogP contribution in [0, 0.1) is 17.3 Å². The molecular weight excluding hydrogens is 685 g/mol. The van der Waals surface area contributed by atoms with E-state index < -0.39 is 38.7 Å². The predicted octanol–water partition coefficient (Wildman–Crippen LogP) is 6.29. The zero-order valence-electron chi connectivity index (χ0n) is 29.7. The Kier molecular flexibility index (Phi) is 9.86. The number of ketones is 1. The van der Waals surface area contributed by atoms with Crippen molar-refractivity contribution >= 4 is 49.7 Å². The highest BCUT2D eigenvalue weighted by atomic mass is 32.2. The van der Waals surface area contributed by atoms with Crippen molar-refractivity contribution in [2.45, 2.75) is 114 Å². The molecule has 1 aromatic carbocycles. The van der Waals surface area contributed by atoms with Crippen molar-refractivity contribution in [1.82, 2.24) is 19.6 Å². The van der Waals surface area contributed by atoms with Crippen molar-refractivity contribution in [3.63, 3.8) is 0 Å². The molecular formula is C39H48N4O6S2. The number of benzene rings is 1. The van der Waals surface area contributed by atoms with Crippen LogP contribution in [-0.4, -0.2) is 64.8 Å². The SMILES string of the molecule is CC(C)(C)c1csc(C[C@H]2CCCCC/C=C\[C@@H]3C[C@@]3(C(=O)NS(=O)(=O)C3CC3)CC(=O)[C@@H]3C[C@@H](Oc4nccc5ccccc45)CN3C2=O)n1. The van der Waals surface area contributed by atoms with E-state index in [0.29, 0.717) is 38.0 Å². The number of allylic oxidation sites excluding steroid dienone is 2. The van der Waals surface area contributed by atoms with Gasteiger partial charge in [-0.2, -0.15) is 0 Å². The Hall–Kier alpha value is -3.64. The second-order valence-electron chi connectivity index (χ2n) is 15.9. The second kappa shape index (κ2) is 14.1. The minimum absolute atomic E-state index is 0.104. The molecule has 3 fully saturated rings. The standard InChI is InChI=1S/C39H48N4O6S2/c1-38(2,3)33-24-50-34(41-33)19-26-12-7-5-4-6-8-13-27-21-39(27,37(46)42-51(47,48)29-15-16-29)22-32(44)31-20-28(23-43(31)36(26)45)49-35-30-14-10-9-11-25(30)17-18-40-35/h8-11,13-14,17-18,24,26-29,31H,4-7,12,15-16,19-23H2,1-3H3,(H,42,46)/b13-8-/t26-,27-,28-,31+,39-/m1/s1. The lowest BCUT2D eigenvalue weighted by atomic mass is 9.90. The molecule has 51 heavy (non-hydrogen) atoms. The molecule has 272 valence electrons.